The molecule has 0 aromatic rings. The van der Waals surface area contributed by atoms with E-state index in [4.69, 9.17) is 18.0 Å². The molecule has 2 nitrogen and oxygen atoms in total. The van der Waals surface area contributed by atoms with Gasteiger partial charge in [0.1, 0.15) is 0 Å². The van der Waals surface area contributed by atoms with Gasteiger partial charge in [-0.15, -0.1) is 5.92 Å². The minimum Gasteiger partial charge on any atom is -0.376 e. The van der Waals surface area contributed by atoms with Gasteiger partial charge in [-0.1, -0.05) is 5.92 Å². The van der Waals surface area contributed by atoms with Gasteiger partial charge >= 0.3 is 0 Å². The van der Waals surface area contributed by atoms with Gasteiger partial charge in [0.2, 0.25) is 0 Å². The van der Waals surface area contributed by atoms with Crippen molar-refractivity contribution < 1.29 is 0 Å². The molecule has 0 aromatic carbocycles. The van der Waals surface area contributed by atoms with E-state index >= 15 is 0 Å². The quantitative estimate of drug-likeness (QED) is 0.512. The van der Waals surface area contributed by atoms with Gasteiger partial charge in [-0.25, -0.2) is 0 Å². The molecule has 0 radical (unpaired) electrons. The Morgan fingerprint density at radius 2 is 2.50 bits per heavy atom. The second-order valence-corrected chi connectivity index (χ2v) is 3.27. The summed E-state index contributed by atoms with van der Waals surface area (Å²) in [4.78, 5) is 1.99. The molecule has 2 N–H and O–H groups in total. The van der Waals surface area contributed by atoms with Crippen molar-refractivity contribution in [2.75, 3.05) is 6.54 Å². The van der Waals surface area contributed by atoms with Crippen molar-refractivity contribution in [1.29, 1.82) is 0 Å². The second kappa shape index (κ2) is 4.32. The minimum absolute atomic E-state index is 0.265. The summed E-state index contributed by atoms with van der Waals surface area (Å²) < 4.78 is 0. The summed E-state index contributed by atoms with van der Waals surface area (Å²) in [6, 6.07) is 0.265. The van der Waals surface area contributed by atoms with E-state index in [9.17, 15) is 0 Å². The normalized spacial score (nSPS) is 20.9. The van der Waals surface area contributed by atoms with Crippen molar-refractivity contribution in [2.24, 2.45) is 5.73 Å². The van der Waals surface area contributed by atoms with Gasteiger partial charge in [0.25, 0.3) is 0 Å². The largest absolute Gasteiger partial charge is 0.376 e. The topological polar surface area (TPSA) is 29.3 Å². The average molecular weight is 182 g/mol. The zero-order valence-electron chi connectivity index (χ0n) is 7.34. The standard InChI is InChI=1S/C9H14N2S/c1-2-11(9(10)12)8-6-4-3-5-7-8/h8H,2-4,6H2,1H3,(H2,10,12). The molecule has 12 heavy (non-hydrogen) atoms. The fraction of sp³-hybridized carbons (Fsp3) is 0.667. The summed E-state index contributed by atoms with van der Waals surface area (Å²) in [6.45, 7) is 2.91. The summed E-state index contributed by atoms with van der Waals surface area (Å²) in [5, 5.41) is 0.471. The maximum absolute atomic E-state index is 5.57. The third-order valence-electron chi connectivity index (χ3n) is 2.05. The number of nitrogens with zero attached hydrogens (tertiary/aromatic N) is 1. The van der Waals surface area contributed by atoms with E-state index in [0.29, 0.717) is 5.11 Å². The predicted octanol–water partition coefficient (Wildman–Crippen LogP) is 1.11. The lowest BCUT2D eigenvalue weighted by Crippen LogP contribution is -2.43. The molecular weight excluding hydrogens is 168 g/mol. The van der Waals surface area contributed by atoms with Gasteiger partial charge in [0, 0.05) is 13.0 Å². The summed E-state index contributed by atoms with van der Waals surface area (Å²) in [7, 11) is 0. The molecule has 66 valence electrons. The first kappa shape index (κ1) is 9.34. The highest BCUT2D eigenvalue weighted by Crippen LogP contribution is 2.11. The minimum atomic E-state index is 0.265. The molecular formula is C9H14N2S. The molecule has 1 aliphatic carbocycles. The molecule has 1 aliphatic rings. The third-order valence-corrected chi connectivity index (χ3v) is 2.28. The van der Waals surface area contributed by atoms with Crippen LogP contribution in [0.25, 0.3) is 0 Å². The van der Waals surface area contributed by atoms with Crippen molar-refractivity contribution >= 4 is 17.3 Å². The first-order valence-corrected chi connectivity index (χ1v) is 4.71. The van der Waals surface area contributed by atoms with Gasteiger partial charge in [-0.05, 0) is 32.0 Å². The Morgan fingerprint density at radius 1 is 1.75 bits per heavy atom. The zero-order chi connectivity index (χ0) is 8.97. The van der Waals surface area contributed by atoms with Gasteiger partial charge in [-0.2, -0.15) is 0 Å². The Bertz CT molecular complexity index is 226. The lowest BCUT2D eigenvalue weighted by Gasteiger charge is -2.28. The zero-order valence-corrected chi connectivity index (χ0v) is 8.16. The van der Waals surface area contributed by atoms with Gasteiger partial charge in [-0.3, -0.25) is 0 Å². The molecule has 1 rings (SSSR count). The fourth-order valence-corrected chi connectivity index (χ4v) is 1.67. The van der Waals surface area contributed by atoms with E-state index in [1.165, 1.54) is 0 Å². The van der Waals surface area contributed by atoms with Crippen LogP contribution in [0.3, 0.4) is 0 Å². The smallest absolute Gasteiger partial charge is 0.167 e. The summed E-state index contributed by atoms with van der Waals surface area (Å²) in [6.07, 6.45) is 3.28. The van der Waals surface area contributed by atoms with Crippen molar-refractivity contribution in [2.45, 2.75) is 32.2 Å². The number of nitrogens with two attached hydrogens (primary N) is 1. The Kier molecular flexibility index (Phi) is 3.36. The van der Waals surface area contributed by atoms with Gasteiger partial charge in [0.05, 0.1) is 6.04 Å². The second-order valence-electron chi connectivity index (χ2n) is 2.85. The summed E-state index contributed by atoms with van der Waals surface area (Å²) in [5.41, 5.74) is 5.57. The van der Waals surface area contributed by atoms with Gasteiger partial charge in [0.15, 0.2) is 5.11 Å². The van der Waals surface area contributed by atoms with Crippen molar-refractivity contribution in [3.63, 3.8) is 0 Å². The van der Waals surface area contributed by atoms with Crippen LogP contribution in [0, 0.1) is 11.8 Å². The van der Waals surface area contributed by atoms with Crippen LogP contribution >= 0.6 is 12.2 Å². The molecule has 0 spiro atoms. The van der Waals surface area contributed by atoms with E-state index in [0.717, 1.165) is 25.8 Å². The molecule has 0 amide bonds. The van der Waals surface area contributed by atoms with E-state index in [-0.39, 0.29) is 6.04 Å². The SMILES string of the molecule is CCN(C(N)=S)C1C#CCCC1. The van der Waals surface area contributed by atoms with Gasteiger partial charge < -0.3 is 10.6 Å². The van der Waals surface area contributed by atoms with E-state index in [2.05, 4.69) is 18.8 Å². The van der Waals surface area contributed by atoms with Crippen LogP contribution in [0.15, 0.2) is 0 Å². The first-order chi connectivity index (χ1) is 5.75. The van der Waals surface area contributed by atoms with E-state index < -0.39 is 0 Å². The Morgan fingerprint density at radius 3 is 2.92 bits per heavy atom. The monoisotopic (exact) mass is 182 g/mol. The maximum Gasteiger partial charge on any atom is 0.167 e. The molecule has 0 aliphatic heterocycles. The average Bonchev–Trinajstić information content (AvgIpc) is 2.07. The molecule has 0 saturated carbocycles. The van der Waals surface area contributed by atoms with Crippen LogP contribution in [-0.4, -0.2) is 22.6 Å². The van der Waals surface area contributed by atoms with Crippen LogP contribution in [-0.2, 0) is 0 Å². The highest BCUT2D eigenvalue weighted by atomic mass is 32.1. The van der Waals surface area contributed by atoms with Crippen LogP contribution < -0.4 is 5.73 Å². The highest BCUT2D eigenvalue weighted by Gasteiger charge is 2.16. The van der Waals surface area contributed by atoms with E-state index in [1.807, 2.05) is 4.90 Å². The van der Waals surface area contributed by atoms with Crippen molar-refractivity contribution in [1.82, 2.24) is 4.90 Å². The van der Waals surface area contributed by atoms with Crippen molar-refractivity contribution in [3.8, 4) is 11.8 Å². The molecule has 0 aromatic heterocycles. The Balaban J connectivity index is 2.62. The van der Waals surface area contributed by atoms with Crippen LogP contribution in [0.2, 0.25) is 0 Å². The van der Waals surface area contributed by atoms with Crippen LogP contribution in [0.5, 0.6) is 0 Å². The third kappa shape index (κ3) is 2.12. The summed E-state index contributed by atoms with van der Waals surface area (Å²) >= 11 is 4.93. The van der Waals surface area contributed by atoms with Crippen LogP contribution in [0.4, 0.5) is 0 Å². The lowest BCUT2D eigenvalue weighted by atomic mass is 10.0. The van der Waals surface area contributed by atoms with E-state index in [1.54, 1.807) is 0 Å². The van der Waals surface area contributed by atoms with Crippen LogP contribution in [0.1, 0.15) is 26.2 Å². The number of rotatable bonds is 2. The Hall–Kier alpha value is -0.750. The number of thiocarbonyl (C=S) groups is 1. The molecule has 0 saturated heterocycles. The summed E-state index contributed by atoms with van der Waals surface area (Å²) in [5.74, 6) is 6.26. The molecule has 0 heterocycles. The molecule has 1 atom stereocenters. The predicted molar refractivity (Wildman–Crippen MR) is 54.6 cm³/mol. The van der Waals surface area contributed by atoms with Crippen molar-refractivity contribution in [3.05, 3.63) is 0 Å². The maximum atomic E-state index is 5.57. The fourth-order valence-electron chi connectivity index (χ4n) is 1.41. The lowest BCUT2D eigenvalue weighted by molar-refractivity contribution is 0.360. The highest BCUT2D eigenvalue weighted by molar-refractivity contribution is 7.80. The molecule has 1 unspecified atom stereocenters. The number of hydrogen-bond donors (Lipinski definition) is 1. The first-order valence-electron chi connectivity index (χ1n) is 4.30. The molecule has 0 fully saturated rings. The Labute approximate surface area is 79.1 Å². The number of hydrogen-bond acceptors (Lipinski definition) is 1. The molecule has 3 heteroatoms. The molecule has 0 bridgehead atoms.